The van der Waals surface area contributed by atoms with Gasteiger partial charge >= 0.3 is 5.97 Å². The zero-order valence-corrected chi connectivity index (χ0v) is 14.5. The van der Waals surface area contributed by atoms with Gasteiger partial charge in [0.1, 0.15) is 12.1 Å². The number of likely N-dealkylation sites (N-methyl/N-ethyl adjacent to an activating group) is 1. The first-order valence-electron chi connectivity index (χ1n) is 7.59. The number of imide groups is 1. The molecule has 0 aromatic rings. The number of methoxy groups -OCH3 is 2. The van der Waals surface area contributed by atoms with Gasteiger partial charge < -0.3 is 14.4 Å². The van der Waals surface area contributed by atoms with Gasteiger partial charge in [-0.3, -0.25) is 29.4 Å². The van der Waals surface area contributed by atoms with E-state index in [0.29, 0.717) is 0 Å². The van der Waals surface area contributed by atoms with Crippen LogP contribution in [-0.2, 0) is 28.7 Å². The van der Waals surface area contributed by atoms with Gasteiger partial charge in [-0.2, -0.15) is 0 Å². The molecule has 2 saturated heterocycles. The number of esters is 1. The zero-order valence-electron chi connectivity index (χ0n) is 14.5. The maximum atomic E-state index is 12.5. The SMILES string of the molecule is COCC(=O)N(C)C[C@H]1N[C@@](C)(C(=O)OC)[C@H]2C(=O)N(C)C(=O)[C@@H]12. The molecular weight excluding hydrogens is 318 g/mol. The van der Waals surface area contributed by atoms with Crippen molar-refractivity contribution in [2.75, 3.05) is 41.5 Å². The molecule has 2 rings (SSSR count). The molecule has 0 spiro atoms. The summed E-state index contributed by atoms with van der Waals surface area (Å²) in [5.41, 5.74) is -1.31. The monoisotopic (exact) mass is 341 g/mol. The summed E-state index contributed by atoms with van der Waals surface area (Å²) in [4.78, 5) is 51.5. The van der Waals surface area contributed by atoms with Gasteiger partial charge in [-0.15, -0.1) is 0 Å². The molecule has 24 heavy (non-hydrogen) atoms. The van der Waals surface area contributed by atoms with E-state index in [-0.39, 0.29) is 25.0 Å². The minimum absolute atomic E-state index is 0.0850. The first kappa shape index (κ1) is 18.3. The van der Waals surface area contributed by atoms with Crippen molar-refractivity contribution in [2.24, 2.45) is 11.8 Å². The summed E-state index contributed by atoms with van der Waals surface area (Å²) in [5.74, 6) is -3.21. The molecule has 0 bridgehead atoms. The Bertz CT molecular complexity index is 580. The first-order valence-corrected chi connectivity index (χ1v) is 7.59. The summed E-state index contributed by atoms with van der Waals surface area (Å²) in [5, 5.41) is 3.05. The molecule has 2 aliphatic heterocycles. The second kappa shape index (κ2) is 6.48. The molecule has 3 amide bonds. The molecule has 4 atom stereocenters. The van der Waals surface area contributed by atoms with E-state index in [1.54, 1.807) is 14.0 Å². The highest BCUT2D eigenvalue weighted by Crippen LogP contribution is 2.42. The van der Waals surface area contributed by atoms with Crippen LogP contribution in [0.5, 0.6) is 0 Å². The Balaban J connectivity index is 2.30. The maximum Gasteiger partial charge on any atom is 0.326 e. The standard InChI is InChI=1S/C15H23N3O6/c1-15(14(22)24-5)11-10(12(20)18(3)13(11)21)8(16-15)6-17(2)9(19)7-23-4/h8,10-11,16H,6-7H2,1-5H3/t8-,10+,11-,15-/m1/s1. The highest BCUT2D eigenvalue weighted by molar-refractivity contribution is 6.09. The molecule has 0 aromatic carbocycles. The van der Waals surface area contributed by atoms with Gasteiger partial charge in [-0.1, -0.05) is 0 Å². The van der Waals surface area contributed by atoms with Crippen LogP contribution in [0.1, 0.15) is 6.92 Å². The van der Waals surface area contributed by atoms with Gasteiger partial charge in [0.2, 0.25) is 17.7 Å². The van der Waals surface area contributed by atoms with Gasteiger partial charge in [0.05, 0.1) is 18.9 Å². The number of hydrogen-bond donors (Lipinski definition) is 1. The van der Waals surface area contributed by atoms with Gasteiger partial charge in [0.15, 0.2) is 0 Å². The van der Waals surface area contributed by atoms with E-state index in [9.17, 15) is 19.2 Å². The lowest BCUT2D eigenvalue weighted by Crippen LogP contribution is -2.56. The van der Waals surface area contributed by atoms with Crippen LogP contribution in [0, 0.1) is 11.8 Å². The van der Waals surface area contributed by atoms with Crippen LogP contribution in [0.25, 0.3) is 0 Å². The van der Waals surface area contributed by atoms with Gasteiger partial charge in [0, 0.05) is 33.8 Å². The molecule has 0 aliphatic carbocycles. The molecule has 9 heteroatoms. The smallest absolute Gasteiger partial charge is 0.326 e. The Labute approximate surface area is 140 Å². The number of amides is 3. The van der Waals surface area contributed by atoms with Crippen molar-refractivity contribution in [3.63, 3.8) is 0 Å². The van der Waals surface area contributed by atoms with Crippen LogP contribution in [0.2, 0.25) is 0 Å². The van der Waals surface area contributed by atoms with Crippen LogP contribution >= 0.6 is 0 Å². The molecule has 2 fully saturated rings. The summed E-state index contributed by atoms with van der Waals surface area (Å²) in [6.07, 6.45) is 0. The third-order valence-corrected chi connectivity index (χ3v) is 4.89. The number of fused-ring (bicyclic) bond motifs is 1. The Morgan fingerprint density at radius 3 is 2.46 bits per heavy atom. The third-order valence-electron chi connectivity index (χ3n) is 4.89. The lowest BCUT2D eigenvalue weighted by atomic mass is 9.81. The van der Waals surface area contributed by atoms with Gasteiger partial charge in [0.25, 0.3) is 0 Å². The second-order valence-corrected chi connectivity index (χ2v) is 6.39. The van der Waals surface area contributed by atoms with Crippen LogP contribution in [0.4, 0.5) is 0 Å². The third kappa shape index (κ3) is 2.67. The molecule has 2 aliphatic rings. The van der Waals surface area contributed by atoms with Crippen LogP contribution in [0.15, 0.2) is 0 Å². The van der Waals surface area contributed by atoms with Crippen molar-refractivity contribution in [3.05, 3.63) is 0 Å². The lowest BCUT2D eigenvalue weighted by molar-refractivity contribution is -0.152. The number of ether oxygens (including phenoxy) is 2. The number of likely N-dealkylation sites (tertiary alicyclic amines) is 1. The molecule has 0 radical (unpaired) electrons. The Morgan fingerprint density at radius 1 is 1.29 bits per heavy atom. The number of rotatable bonds is 5. The van der Waals surface area contributed by atoms with Gasteiger partial charge in [-0.25, -0.2) is 0 Å². The summed E-state index contributed by atoms with van der Waals surface area (Å²) in [6.45, 7) is 1.64. The van der Waals surface area contributed by atoms with E-state index >= 15 is 0 Å². The Morgan fingerprint density at radius 2 is 1.92 bits per heavy atom. The number of carbonyl (C=O) groups is 4. The lowest BCUT2D eigenvalue weighted by Gasteiger charge is -2.29. The minimum atomic E-state index is -1.31. The van der Waals surface area contributed by atoms with Crippen LogP contribution < -0.4 is 5.32 Å². The van der Waals surface area contributed by atoms with E-state index in [2.05, 4.69) is 5.32 Å². The summed E-state index contributed by atoms with van der Waals surface area (Å²) < 4.78 is 9.63. The average molecular weight is 341 g/mol. The van der Waals surface area contributed by atoms with Crippen molar-refractivity contribution < 1.29 is 28.7 Å². The van der Waals surface area contributed by atoms with Gasteiger partial charge in [-0.05, 0) is 6.92 Å². The highest BCUT2D eigenvalue weighted by atomic mass is 16.5. The minimum Gasteiger partial charge on any atom is -0.468 e. The average Bonchev–Trinajstić information content (AvgIpc) is 2.96. The summed E-state index contributed by atoms with van der Waals surface area (Å²) >= 11 is 0. The van der Waals surface area contributed by atoms with E-state index < -0.39 is 35.3 Å². The Hall–Kier alpha value is -2.00. The number of carbonyl (C=O) groups excluding carboxylic acids is 4. The number of nitrogens with one attached hydrogen (secondary N) is 1. The van der Waals surface area contributed by atoms with Crippen molar-refractivity contribution in [3.8, 4) is 0 Å². The molecular formula is C15H23N3O6. The molecule has 9 nitrogen and oxygen atoms in total. The predicted molar refractivity (Wildman–Crippen MR) is 81.6 cm³/mol. The molecule has 134 valence electrons. The van der Waals surface area contributed by atoms with E-state index in [1.807, 2.05) is 0 Å². The number of nitrogens with zero attached hydrogens (tertiary/aromatic N) is 2. The summed E-state index contributed by atoms with van der Waals surface area (Å²) in [6, 6.07) is -0.536. The van der Waals surface area contributed by atoms with Crippen molar-refractivity contribution in [2.45, 2.75) is 18.5 Å². The highest BCUT2D eigenvalue weighted by Gasteiger charge is 2.66. The van der Waals surface area contributed by atoms with Crippen molar-refractivity contribution in [1.82, 2.24) is 15.1 Å². The normalized spacial score (nSPS) is 32.0. The van der Waals surface area contributed by atoms with E-state index in [1.165, 1.54) is 26.2 Å². The van der Waals surface area contributed by atoms with Crippen LogP contribution in [-0.4, -0.2) is 86.5 Å². The van der Waals surface area contributed by atoms with Crippen molar-refractivity contribution in [1.29, 1.82) is 0 Å². The molecule has 2 heterocycles. The largest absolute Gasteiger partial charge is 0.468 e. The van der Waals surface area contributed by atoms with Crippen molar-refractivity contribution >= 4 is 23.7 Å². The fourth-order valence-corrected chi connectivity index (χ4v) is 3.60. The van der Waals surface area contributed by atoms with E-state index in [0.717, 1.165) is 4.90 Å². The molecule has 0 aromatic heterocycles. The summed E-state index contributed by atoms with van der Waals surface area (Å²) in [7, 11) is 5.63. The quantitative estimate of drug-likeness (QED) is 0.466. The molecule has 0 saturated carbocycles. The molecule has 1 N–H and O–H groups in total. The topological polar surface area (TPSA) is 105 Å². The second-order valence-electron chi connectivity index (χ2n) is 6.39. The maximum absolute atomic E-state index is 12.5. The van der Waals surface area contributed by atoms with E-state index in [4.69, 9.17) is 9.47 Å². The fourth-order valence-electron chi connectivity index (χ4n) is 3.60. The molecule has 0 unspecified atom stereocenters. The predicted octanol–water partition coefficient (Wildman–Crippen LogP) is -1.77. The Kier molecular flexibility index (Phi) is 4.95. The van der Waals surface area contributed by atoms with Crippen LogP contribution in [0.3, 0.4) is 0 Å². The zero-order chi connectivity index (χ0) is 18.2. The fraction of sp³-hybridized carbons (Fsp3) is 0.733. The number of hydrogen-bond acceptors (Lipinski definition) is 7. The first-order chi connectivity index (χ1) is 11.2.